The molecule has 138 valence electrons. The number of para-hydroxylation sites is 1. The quantitative estimate of drug-likeness (QED) is 0.824. The number of anilines is 2. The Morgan fingerprint density at radius 3 is 2.73 bits per heavy atom. The smallest absolute Gasteiger partial charge is 0.270 e. The van der Waals surface area contributed by atoms with Crippen LogP contribution in [-0.4, -0.2) is 60.2 Å². The highest BCUT2D eigenvalue weighted by molar-refractivity contribution is 5.93. The minimum Gasteiger partial charge on any atom is -0.379 e. The molecule has 1 fully saturated rings. The van der Waals surface area contributed by atoms with Gasteiger partial charge >= 0.3 is 0 Å². The van der Waals surface area contributed by atoms with Gasteiger partial charge in [-0.2, -0.15) is 0 Å². The molecule has 0 aliphatic carbocycles. The Morgan fingerprint density at radius 1 is 1.19 bits per heavy atom. The van der Waals surface area contributed by atoms with Gasteiger partial charge in [-0.05, 0) is 25.5 Å². The van der Waals surface area contributed by atoms with Gasteiger partial charge in [-0.3, -0.25) is 9.69 Å². The van der Waals surface area contributed by atoms with Crippen LogP contribution in [-0.2, 0) is 4.74 Å². The summed E-state index contributed by atoms with van der Waals surface area (Å²) in [5, 5.41) is 6.20. The van der Waals surface area contributed by atoms with E-state index in [0.29, 0.717) is 23.9 Å². The maximum absolute atomic E-state index is 12.4. The highest BCUT2D eigenvalue weighted by Gasteiger charge is 2.13. The second kappa shape index (κ2) is 8.73. The maximum Gasteiger partial charge on any atom is 0.270 e. The molecule has 1 saturated heterocycles. The lowest BCUT2D eigenvalue weighted by Crippen LogP contribution is -2.41. The van der Waals surface area contributed by atoms with E-state index in [0.717, 1.165) is 44.1 Å². The van der Waals surface area contributed by atoms with Gasteiger partial charge in [-0.1, -0.05) is 18.2 Å². The van der Waals surface area contributed by atoms with Gasteiger partial charge in [-0.25, -0.2) is 9.97 Å². The van der Waals surface area contributed by atoms with Gasteiger partial charge in [0.1, 0.15) is 17.3 Å². The maximum atomic E-state index is 12.4. The first-order valence-corrected chi connectivity index (χ1v) is 8.88. The molecule has 1 aliphatic heterocycles. The normalized spacial score (nSPS) is 14.8. The lowest BCUT2D eigenvalue weighted by atomic mass is 10.2. The predicted octanol–water partition coefficient (Wildman–Crippen LogP) is 1.90. The molecule has 0 spiro atoms. The highest BCUT2D eigenvalue weighted by atomic mass is 16.5. The van der Waals surface area contributed by atoms with E-state index in [1.165, 1.54) is 0 Å². The summed E-state index contributed by atoms with van der Waals surface area (Å²) in [7, 11) is 0. The second-order valence-electron chi connectivity index (χ2n) is 6.34. The molecule has 0 unspecified atom stereocenters. The molecule has 1 aromatic heterocycles. The van der Waals surface area contributed by atoms with Gasteiger partial charge < -0.3 is 15.4 Å². The number of aromatic nitrogens is 2. The zero-order chi connectivity index (χ0) is 18.4. The van der Waals surface area contributed by atoms with Gasteiger partial charge in [0.2, 0.25) is 0 Å². The van der Waals surface area contributed by atoms with Crippen molar-refractivity contribution in [3.8, 4) is 0 Å². The van der Waals surface area contributed by atoms with Crippen molar-refractivity contribution in [1.29, 1.82) is 0 Å². The van der Waals surface area contributed by atoms with Crippen molar-refractivity contribution >= 4 is 17.4 Å². The number of amides is 1. The standard InChI is InChI=1S/C19H25N5O2/c1-14-5-3-4-6-16(14)23-18-13-17(21-15(2)22-18)19(25)20-7-8-24-9-11-26-12-10-24/h3-6,13H,7-12H2,1-2H3,(H,20,25)(H,21,22,23). The largest absolute Gasteiger partial charge is 0.379 e. The summed E-state index contributed by atoms with van der Waals surface area (Å²) >= 11 is 0. The monoisotopic (exact) mass is 355 g/mol. The number of nitrogens with zero attached hydrogens (tertiary/aromatic N) is 3. The van der Waals surface area contributed by atoms with Crippen molar-refractivity contribution in [2.24, 2.45) is 0 Å². The molecule has 2 heterocycles. The van der Waals surface area contributed by atoms with Crippen molar-refractivity contribution in [2.75, 3.05) is 44.7 Å². The third kappa shape index (κ3) is 5.00. The van der Waals surface area contributed by atoms with E-state index in [2.05, 4.69) is 25.5 Å². The number of ether oxygens (including phenoxy) is 1. The van der Waals surface area contributed by atoms with Gasteiger partial charge in [0.05, 0.1) is 13.2 Å². The summed E-state index contributed by atoms with van der Waals surface area (Å²) in [6.07, 6.45) is 0. The minimum absolute atomic E-state index is 0.184. The molecular formula is C19H25N5O2. The molecule has 7 heteroatoms. The van der Waals surface area contributed by atoms with Crippen molar-refractivity contribution < 1.29 is 9.53 Å². The fourth-order valence-electron chi connectivity index (χ4n) is 2.84. The first-order valence-electron chi connectivity index (χ1n) is 8.88. The predicted molar refractivity (Wildman–Crippen MR) is 101 cm³/mol. The number of rotatable bonds is 6. The molecule has 1 aromatic carbocycles. The Kier molecular flexibility index (Phi) is 6.14. The zero-order valence-electron chi connectivity index (χ0n) is 15.3. The molecular weight excluding hydrogens is 330 g/mol. The summed E-state index contributed by atoms with van der Waals surface area (Å²) in [5.41, 5.74) is 2.44. The Labute approximate surface area is 153 Å². The fraction of sp³-hybridized carbons (Fsp3) is 0.421. The third-order valence-electron chi connectivity index (χ3n) is 4.30. The van der Waals surface area contributed by atoms with Crippen LogP contribution >= 0.6 is 0 Å². The van der Waals surface area contributed by atoms with E-state index >= 15 is 0 Å². The van der Waals surface area contributed by atoms with Gasteiger partial charge in [-0.15, -0.1) is 0 Å². The van der Waals surface area contributed by atoms with Gasteiger partial charge in [0, 0.05) is 37.9 Å². The van der Waals surface area contributed by atoms with Crippen LogP contribution in [0.3, 0.4) is 0 Å². The lowest BCUT2D eigenvalue weighted by Gasteiger charge is -2.26. The zero-order valence-corrected chi connectivity index (χ0v) is 15.3. The van der Waals surface area contributed by atoms with Crippen molar-refractivity contribution in [3.63, 3.8) is 0 Å². The Hall–Kier alpha value is -2.51. The van der Waals surface area contributed by atoms with Crippen molar-refractivity contribution in [3.05, 3.63) is 47.4 Å². The Bertz CT molecular complexity index is 759. The summed E-state index contributed by atoms with van der Waals surface area (Å²) in [5.74, 6) is 0.989. The lowest BCUT2D eigenvalue weighted by molar-refractivity contribution is 0.0383. The molecule has 0 atom stereocenters. The molecule has 0 bridgehead atoms. The molecule has 3 rings (SSSR count). The van der Waals surface area contributed by atoms with Gasteiger partial charge in [0.25, 0.3) is 5.91 Å². The summed E-state index contributed by atoms with van der Waals surface area (Å²) in [6.45, 7) is 8.54. The Morgan fingerprint density at radius 2 is 1.96 bits per heavy atom. The average Bonchev–Trinajstić information content (AvgIpc) is 2.64. The molecule has 2 N–H and O–H groups in total. The van der Waals surface area contributed by atoms with E-state index in [9.17, 15) is 4.79 Å². The van der Waals surface area contributed by atoms with Crippen molar-refractivity contribution in [2.45, 2.75) is 13.8 Å². The number of morpholine rings is 1. The summed E-state index contributed by atoms with van der Waals surface area (Å²) < 4.78 is 5.33. The number of hydrogen-bond donors (Lipinski definition) is 2. The van der Waals surface area contributed by atoms with Crippen LogP contribution in [0, 0.1) is 13.8 Å². The Balaban J connectivity index is 1.61. The summed E-state index contributed by atoms with van der Waals surface area (Å²) in [6, 6.07) is 9.63. The van der Waals surface area contributed by atoms with E-state index < -0.39 is 0 Å². The fourth-order valence-corrected chi connectivity index (χ4v) is 2.84. The van der Waals surface area contributed by atoms with E-state index in [1.807, 2.05) is 31.2 Å². The molecule has 26 heavy (non-hydrogen) atoms. The molecule has 7 nitrogen and oxygen atoms in total. The molecule has 0 saturated carbocycles. The van der Waals surface area contributed by atoms with Gasteiger partial charge in [0.15, 0.2) is 0 Å². The van der Waals surface area contributed by atoms with Crippen LogP contribution in [0.1, 0.15) is 21.9 Å². The number of carbonyl (C=O) groups is 1. The van der Waals surface area contributed by atoms with Crippen LogP contribution < -0.4 is 10.6 Å². The van der Waals surface area contributed by atoms with Crippen LogP contribution in [0.15, 0.2) is 30.3 Å². The number of aryl methyl sites for hydroxylation is 2. The van der Waals surface area contributed by atoms with Crippen LogP contribution in [0.5, 0.6) is 0 Å². The molecule has 2 aromatic rings. The third-order valence-corrected chi connectivity index (χ3v) is 4.30. The number of hydrogen-bond acceptors (Lipinski definition) is 6. The first kappa shape index (κ1) is 18.3. The average molecular weight is 355 g/mol. The van der Waals surface area contributed by atoms with E-state index in [-0.39, 0.29) is 5.91 Å². The molecule has 1 aliphatic rings. The summed E-state index contributed by atoms with van der Waals surface area (Å²) in [4.78, 5) is 23.4. The van der Waals surface area contributed by atoms with Crippen LogP contribution in [0.2, 0.25) is 0 Å². The SMILES string of the molecule is Cc1nc(Nc2ccccc2C)cc(C(=O)NCCN2CCOCC2)n1. The van der Waals surface area contributed by atoms with E-state index in [4.69, 9.17) is 4.74 Å². The second-order valence-corrected chi connectivity index (χ2v) is 6.34. The topological polar surface area (TPSA) is 79.4 Å². The van der Waals surface area contributed by atoms with E-state index in [1.54, 1.807) is 13.0 Å². The van der Waals surface area contributed by atoms with Crippen molar-refractivity contribution in [1.82, 2.24) is 20.2 Å². The number of carbonyl (C=O) groups excluding carboxylic acids is 1. The molecule has 1 amide bonds. The van der Waals surface area contributed by atoms with Crippen LogP contribution in [0.4, 0.5) is 11.5 Å². The number of nitrogens with one attached hydrogen (secondary N) is 2. The minimum atomic E-state index is -0.184. The number of benzene rings is 1. The van der Waals surface area contributed by atoms with Crippen LogP contribution in [0.25, 0.3) is 0 Å². The highest BCUT2D eigenvalue weighted by Crippen LogP contribution is 2.19. The molecule has 0 radical (unpaired) electrons. The first-order chi connectivity index (χ1) is 12.6.